The molecular formula is C13H25N3O3S. The third-order valence-electron chi connectivity index (χ3n) is 3.18. The molecule has 6 nitrogen and oxygen atoms in total. The molecule has 1 aromatic heterocycles. The molecule has 0 aliphatic carbocycles. The predicted molar refractivity (Wildman–Crippen MR) is 75.0 cm³/mol. The fourth-order valence-corrected chi connectivity index (χ4v) is 2.60. The second-order valence-electron chi connectivity index (χ2n) is 5.13. The van der Waals surface area contributed by atoms with E-state index < -0.39 is 10.1 Å². The van der Waals surface area contributed by atoms with Crippen LogP contribution >= 0.6 is 0 Å². The lowest BCUT2D eigenvalue weighted by Crippen LogP contribution is -2.31. The maximum atomic E-state index is 10.5. The van der Waals surface area contributed by atoms with E-state index in [0.717, 1.165) is 13.0 Å². The normalized spacial score (nSPS) is 11.9. The minimum atomic E-state index is -4.07. The van der Waals surface area contributed by atoms with Crippen LogP contribution in [0.2, 0.25) is 0 Å². The average molecular weight is 303 g/mol. The third-order valence-corrected chi connectivity index (χ3v) is 3.97. The molecule has 116 valence electrons. The summed E-state index contributed by atoms with van der Waals surface area (Å²) in [6, 6.07) is 0. The molecule has 1 aromatic rings. The number of unbranched alkanes of at least 4 members (excludes halogenated alkanes) is 5. The first kappa shape index (κ1) is 17.1. The van der Waals surface area contributed by atoms with E-state index in [-0.39, 0.29) is 5.75 Å². The number of rotatable bonds is 11. The molecule has 0 aromatic carbocycles. The Bertz CT molecular complexity index is 471. The second-order valence-corrected chi connectivity index (χ2v) is 6.65. The van der Waals surface area contributed by atoms with E-state index in [9.17, 15) is 13.0 Å². The van der Waals surface area contributed by atoms with Crippen molar-refractivity contribution in [2.45, 2.75) is 65.0 Å². The van der Waals surface area contributed by atoms with Crippen LogP contribution in [0.15, 0.2) is 12.7 Å². The average Bonchev–Trinajstić information content (AvgIpc) is 2.81. The quantitative estimate of drug-likeness (QED) is 0.352. The van der Waals surface area contributed by atoms with Crippen LogP contribution < -0.4 is 4.57 Å². The molecule has 20 heavy (non-hydrogen) atoms. The Morgan fingerprint density at radius 3 is 2.60 bits per heavy atom. The molecule has 0 fully saturated rings. The van der Waals surface area contributed by atoms with E-state index in [1.54, 1.807) is 6.33 Å². The largest absolute Gasteiger partial charge is 0.748 e. The van der Waals surface area contributed by atoms with E-state index in [4.69, 9.17) is 0 Å². The van der Waals surface area contributed by atoms with Crippen LogP contribution in [0.5, 0.6) is 0 Å². The Kier molecular flexibility index (Phi) is 7.76. The summed E-state index contributed by atoms with van der Waals surface area (Å²) < 4.78 is 35.2. The molecule has 7 heteroatoms. The molecule has 0 amide bonds. The monoisotopic (exact) mass is 303 g/mol. The van der Waals surface area contributed by atoms with Crippen LogP contribution in [-0.4, -0.2) is 28.5 Å². The summed E-state index contributed by atoms with van der Waals surface area (Å²) in [7, 11) is -4.07. The predicted octanol–water partition coefficient (Wildman–Crippen LogP) is 1.47. The fourth-order valence-electron chi connectivity index (χ4n) is 2.05. The lowest BCUT2D eigenvalue weighted by atomic mass is 10.1. The van der Waals surface area contributed by atoms with Crippen molar-refractivity contribution in [1.82, 2.24) is 9.78 Å². The van der Waals surface area contributed by atoms with Crippen molar-refractivity contribution in [2.24, 2.45) is 0 Å². The molecule has 0 radical (unpaired) electrons. The Balaban J connectivity index is 2.16. The lowest BCUT2D eigenvalue weighted by molar-refractivity contribution is -0.698. The summed E-state index contributed by atoms with van der Waals surface area (Å²) in [5.41, 5.74) is 0. The SMILES string of the molecule is CCCCCCCn1c[n+](CCCCS(=O)(=O)[O-])cn1. The van der Waals surface area contributed by atoms with Crippen LogP contribution in [0, 0.1) is 0 Å². The first-order chi connectivity index (χ1) is 9.51. The van der Waals surface area contributed by atoms with Gasteiger partial charge in [0.25, 0.3) is 6.33 Å². The van der Waals surface area contributed by atoms with E-state index in [2.05, 4.69) is 12.0 Å². The Hall–Kier alpha value is -0.950. The van der Waals surface area contributed by atoms with Gasteiger partial charge in [0.05, 0.1) is 16.7 Å². The van der Waals surface area contributed by atoms with Crippen LogP contribution in [0.1, 0.15) is 51.9 Å². The summed E-state index contributed by atoms with van der Waals surface area (Å²) in [5.74, 6) is -0.279. The molecular weight excluding hydrogens is 278 g/mol. The highest BCUT2D eigenvalue weighted by molar-refractivity contribution is 7.85. The minimum absolute atomic E-state index is 0.279. The molecule has 1 rings (SSSR count). The number of hydrogen-bond donors (Lipinski definition) is 0. The van der Waals surface area contributed by atoms with Crippen LogP contribution in [0.25, 0.3) is 0 Å². The highest BCUT2D eigenvalue weighted by Crippen LogP contribution is 2.03. The topological polar surface area (TPSA) is 78.9 Å². The molecule has 0 saturated carbocycles. The fraction of sp³-hybridized carbons (Fsp3) is 0.846. The molecule has 0 aliphatic rings. The van der Waals surface area contributed by atoms with Gasteiger partial charge in [0, 0.05) is 10.9 Å². The maximum Gasteiger partial charge on any atom is 0.265 e. The number of hydrogen-bond acceptors (Lipinski definition) is 4. The molecule has 0 saturated heterocycles. The Morgan fingerprint density at radius 1 is 1.15 bits per heavy atom. The first-order valence-electron chi connectivity index (χ1n) is 7.36. The van der Waals surface area contributed by atoms with Crippen LogP contribution in [0.3, 0.4) is 0 Å². The maximum absolute atomic E-state index is 10.5. The number of aromatic nitrogens is 3. The third kappa shape index (κ3) is 8.27. The number of nitrogens with zero attached hydrogens (tertiary/aromatic N) is 3. The Labute approximate surface area is 121 Å². The van der Waals surface area contributed by atoms with Crippen molar-refractivity contribution in [3.63, 3.8) is 0 Å². The lowest BCUT2D eigenvalue weighted by Gasteiger charge is -2.04. The van der Waals surface area contributed by atoms with Gasteiger partial charge in [0.1, 0.15) is 6.54 Å². The van der Waals surface area contributed by atoms with Gasteiger partial charge in [-0.15, -0.1) is 4.68 Å². The summed E-state index contributed by atoms with van der Waals surface area (Å²) in [6.45, 7) is 3.82. The van der Waals surface area contributed by atoms with Crippen LogP contribution in [-0.2, 0) is 23.2 Å². The van der Waals surface area contributed by atoms with Gasteiger partial charge in [-0.2, -0.15) is 0 Å². The van der Waals surface area contributed by atoms with E-state index >= 15 is 0 Å². The zero-order valence-electron chi connectivity index (χ0n) is 12.2. The summed E-state index contributed by atoms with van der Waals surface area (Å²) in [4.78, 5) is 0. The summed E-state index contributed by atoms with van der Waals surface area (Å²) >= 11 is 0. The standard InChI is InChI=1S/C13H25N3O3S/c1-2-3-4-5-6-10-16-13-15(12-14-16)9-7-8-11-20(17,18)19/h12-13H,2-11H2,1H3. The van der Waals surface area contributed by atoms with Crippen molar-refractivity contribution in [3.8, 4) is 0 Å². The van der Waals surface area contributed by atoms with Gasteiger partial charge >= 0.3 is 0 Å². The van der Waals surface area contributed by atoms with Crippen molar-refractivity contribution in [2.75, 3.05) is 5.75 Å². The molecule has 0 spiro atoms. The van der Waals surface area contributed by atoms with Gasteiger partial charge in [0.2, 0.25) is 6.33 Å². The van der Waals surface area contributed by atoms with E-state index in [1.165, 1.54) is 25.7 Å². The first-order valence-corrected chi connectivity index (χ1v) is 8.94. The molecule has 0 atom stereocenters. The van der Waals surface area contributed by atoms with E-state index in [1.807, 2.05) is 15.6 Å². The van der Waals surface area contributed by atoms with Gasteiger partial charge in [-0.1, -0.05) is 32.6 Å². The van der Waals surface area contributed by atoms with Gasteiger partial charge in [0.15, 0.2) is 0 Å². The van der Waals surface area contributed by atoms with Gasteiger partial charge in [-0.05, 0) is 19.3 Å². The number of aryl methyl sites for hydroxylation is 2. The van der Waals surface area contributed by atoms with Crippen molar-refractivity contribution >= 4 is 10.1 Å². The second kappa shape index (κ2) is 9.07. The minimum Gasteiger partial charge on any atom is -0.748 e. The van der Waals surface area contributed by atoms with Gasteiger partial charge in [-0.25, -0.2) is 13.0 Å². The summed E-state index contributed by atoms with van der Waals surface area (Å²) in [6.07, 6.45) is 11.0. The van der Waals surface area contributed by atoms with Crippen molar-refractivity contribution < 1.29 is 17.5 Å². The molecule has 0 unspecified atom stereocenters. The highest BCUT2D eigenvalue weighted by Gasteiger charge is 2.05. The molecule has 0 bridgehead atoms. The molecule has 0 N–H and O–H groups in total. The smallest absolute Gasteiger partial charge is 0.265 e. The molecule has 0 aliphatic heterocycles. The van der Waals surface area contributed by atoms with Crippen molar-refractivity contribution in [1.29, 1.82) is 0 Å². The summed E-state index contributed by atoms with van der Waals surface area (Å²) in [5, 5.41) is 4.26. The van der Waals surface area contributed by atoms with Gasteiger partial charge in [-0.3, -0.25) is 0 Å². The Morgan fingerprint density at radius 2 is 1.90 bits per heavy atom. The van der Waals surface area contributed by atoms with Crippen molar-refractivity contribution in [3.05, 3.63) is 12.7 Å². The van der Waals surface area contributed by atoms with E-state index in [0.29, 0.717) is 19.4 Å². The van der Waals surface area contributed by atoms with Gasteiger partial charge < -0.3 is 4.55 Å². The zero-order valence-corrected chi connectivity index (χ0v) is 13.0. The van der Waals surface area contributed by atoms with Crippen LogP contribution in [0.4, 0.5) is 0 Å². The molecule has 1 heterocycles. The zero-order chi connectivity index (χ0) is 14.8. The highest BCUT2D eigenvalue weighted by atomic mass is 32.2.